The van der Waals surface area contributed by atoms with Crippen LogP contribution in [0.1, 0.15) is 5.56 Å². The minimum Gasteiger partial charge on any atom is -0.423 e. The molecule has 0 heterocycles. The van der Waals surface area contributed by atoms with Gasteiger partial charge in [-0.2, -0.15) is 0 Å². The topological polar surface area (TPSA) is 29.5 Å². The van der Waals surface area contributed by atoms with Gasteiger partial charge < -0.3 is 9.68 Å². The Labute approximate surface area is 72.6 Å². The van der Waals surface area contributed by atoms with Crippen LogP contribution in [-0.4, -0.2) is 19.3 Å². The number of rotatable bonds is 3. The minimum absolute atomic E-state index is 0.753. The average molecular weight is 162 g/mol. The Hall–Kier alpha value is -1.06. The highest BCUT2D eigenvalue weighted by Crippen LogP contribution is 1.98. The molecule has 12 heavy (non-hydrogen) atoms. The minimum atomic E-state index is -0.830. The summed E-state index contributed by atoms with van der Waals surface area (Å²) in [4.78, 5) is 0. The van der Waals surface area contributed by atoms with Gasteiger partial charge in [0.25, 0.3) is 0 Å². The Morgan fingerprint density at radius 3 is 2.42 bits per heavy atom. The first-order chi connectivity index (χ1) is 5.77. The summed E-state index contributed by atoms with van der Waals surface area (Å²) >= 11 is 0. The maximum atomic E-state index is 9.24. The second kappa shape index (κ2) is 4.09. The van der Waals surface area contributed by atoms with Crippen molar-refractivity contribution >= 4 is 18.7 Å². The predicted molar refractivity (Wildman–Crippen MR) is 51.1 cm³/mol. The van der Waals surface area contributed by atoms with Crippen LogP contribution in [0.15, 0.2) is 30.8 Å². The lowest BCUT2D eigenvalue weighted by Crippen LogP contribution is -2.31. The van der Waals surface area contributed by atoms with Gasteiger partial charge >= 0.3 is 7.12 Å². The van der Waals surface area contributed by atoms with Crippen LogP contribution in [0, 0.1) is 0 Å². The summed E-state index contributed by atoms with van der Waals surface area (Å²) in [5, 5.41) is 9.24. The molecule has 62 valence electrons. The zero-order valence-electron chi connectivity index (χ0n) is 7.03. The van der Waals surface area contributed by atoms with Crippen molar-refractivity contribution in [2.24, 2.45) is 0 Å². The molecule has 0 radical (unpaired) electrons. The Morgan fingerprint density at radius 1 is 1.42 bits per heavy atom. The van der Waals surface area contributed by atoms with E-state index in [0.29, 0.717) is 0 Å². The van der Waals surface area contributed by atoms with Gasteiger partial charge in [-0.05, 0) is 11.0 Å². The first-order valence-electron chi connectivity index (χ1n) is 3.71. The summed E-state index contributed by atoms with van der Waals surface area (Å²) < 4.78 is 4.74. The zero-order chi connectivity index (χ0) is 8.97. The number of hydrogen-bond acceptors (Lipinski definition) is 2. The lowest BCUT2D eigenvalue weighted by Gasteiger charge is -2.02. The van der Waals surface area contributed by atoms with Gasteiger partial charge in [-0.15, -0.1) is 0 Å². The standard InChI is InChI=1S/C9H11BO2/c1-3-8-4-6-9(7-5-8)10(11)12-2/h3-7,11H,1H2,2H3. The van der Waals surface area contributed by atoms with Crippen LogP contribution in [-0.2, 0) is 4.65 Å². The fourth-order valence-electron chi connectivity index (χ4n) is 0.933. The van der Waals surface area contributed by atoms with E-state index < -0.39 is 7.12 Å². The molecule has 1 aromatic carbocycles. The van der Waals surface area contributed by atoms with E-state index in [9.17, 15) is 5.02 Å². The van der Waals surface area contributed by atoms with Crippen LogP contribution in [0.3, 0.4) is 0 Å². The molecule has 0 unspecified atom stereocenters. The number of benzene rings is 1. The molecular formula is C9H11BO2. The monoisotopic (exact) mass is 162 g/mol. The number of hydrogen-bond donors (Lipinski definition) is 1. The van der Waals surface area contributed by atoms with Gasteiger partial charge in [0, 0.05) is 7.11 Å². The van der Waals surface area contributed by atoms with Gasteiger partial charge in [-0.3, -0.25) is 0 Å². The van der Waals surface area contributed by atoms with Crippen LogP contribution in [0.25, 0.3) is 6.08 Å². The highest BCUT2D eigenvalue weighted by atomic mass is 16.5. The molecule has 1 N–H and O–H groups in total. The Morgan fingerprint density at radius 2 is 2.00 bits per heavy atom. The maximum Gasteiger partial charge on any atom is 0.490 e. The fraction of sp³-hybridized carbons (Fsp3) is 0.111. The quantitative estimate of drug-likeness (QED) is 0.661. The van der Waals surface area contributed by atoms with Crippen LogP contribution in [0.5, 0.6) is 0 Å². The molecule has 0 spiro atoms. The predicted octanol–water partition coefficient (Wildman–Crippen LogP) is 0.663. The molecule has 0 atom stereocenters. The van der Waals surface area contributed by atoms with Crippen LogP contribution in [0.4, 0.5) is 0 Å². The zero-order valence-corrected chi connectivity index (χ0v) is 7.03. The molecule has 0 aliphatic carbocycles. The lowest BCUT2D eigenvalue weighted by molar-refractivity contribution is 0.341. The van der Waals surface area contributed by atoms with E-state index >= 15 is 0 Å². The van der Waals surface area contributed by atoms with E-state index in [1.807, 2.05) is 24.3 Å². The summed E-state index contributed by atoms with van der Waals surface area (Å²) in [5.41, 5.74) is 1.78. The Kier molecular flexibility index (Phi) is 3.08. The summed E-state index contributed by atoms with van der Waals surface area (Å²) in [7, 11) is 0.635. The second-order valence-corrected chi connectivity index (χ2v) is 2.46. The summed E-state index contributed by atoms with van der Waals surface area (Å²) in [6, 6.07) is 7.38. The molecule has 0 saturated carbocycles. The largest absolute Gasteiger partial charge is 0.490 e. The molecule has 0 aliphatic rings. The molecule has 0 fully saturated rings. The highest BCUT2D eigenvalue weighted by Gasteiger charge is 2.12. The molecule has 1 rings (SSSR count). The van der Waals surface area contributed by atoms with Crippen molar-refractivity contribution in [2.45, 2.75) is 0 Å². The van der Waals surface area contributed by atoms with Crippen molar-refractivity contribution in [1.29, 1.82) is 0 Å². The van der Waals surface area contributed by atoms with Crippen molar-refractivity contribution in [2.75, 3.05) is 7.11 Å². The van der Waals surface area contributed by atoms with Crippen molar-refractivity contribution in [1.82, 2.24) is 0 Å². The molecule has 2 nitrogen and oxygen atoms in total. The van der Waals surface area contributed by atoms with Crippen molar-refractivity contribution in [3.05, 3.63) is 36.4 Å². The molecule has 0 bridgehead atoms. The molecule has 0 aromatic heterocycles. The molecule has 1 aromatic rings. The summed E-state index contributed by atoms with van der Waals surface area (Å²) in [5.74, 6) is 0. The van der Waals surface area contributed by atoms with Gasteiger partial charge in [0.05, 0.1) is 0 Å². The van der Waals surface area contributed by atoms with Crippen LogP contribution >= 0.6 is 0 Å². The SMILES string of the molecule is C=Cc1ccc(B(O)OC)cc1. The van der Waals surface area contributed by atoms with Gasteiger partial charge in [0.1, 0.15) is 0 Å². The van der Waals surface area contributed by atoms with E-state index in [0.717, 1.165) is 11.0 Å². The fourth-order valence-corrected chi connectivity index (χ4v) is 0.933. The Balaban J connectivity index is 2.84. The van der Waals surface area contributed by atoms with Crippen LogP contribution in [0.2, 0.25) is 0 Å². The van der Waals surface area contributed by atoms with Gasteiger partial charge in [0.2, 0.25) is 0 Å². The van der Waals surface area contributed by atoms with E-state index in [1.54, 1.807) is 6.08 Å². The van der Waals surface area contributed by atoms with E-state index in [2.05, 4.69) is 6.58 Å². The van der Waals surface area contributed by atoms with Crippen molar-refractivity contribution < 1.29 is 9.68 Å². The average Bonchev–Trinajstić information content (AvgIpc) is 2.17. The van der Waals surface area contributed by atoms with Gasteiger partial charge in [-0.25, -0.2) is 0 Å². The van der Waals surface area contributed by atoms with E-state index in [-0.39, 0.29) is 0 Å². The van der Waals surface area contributed by atoms with E-state index in [4.69, 9.17) is 4.65 Å². The Bertz CT molecular complexity index is 256. The van der Waals surface area contributed by atoms with Gasteiger partial charge in [0.15, 0.2) is 0 Å². The summed E-state index contributed by atoms with van der Waals surface area (Å²) in [6.45, 7) is 3.63. The third-order valence-corrected chi connectivity index (χ3v) is 1.68. The molecular weight excluding hydrogens is 151 g/mol. The first kappa shape index (κ1) is 9.04. The molecule has 0 amide bonds. The van der Waals surface area contributed by atoms with Crippen molar-refractivity contribution in [3.63, 3.8) is 0 Å². The second-order valence-electron chi connectivity index (χ2n) is 2.46. The third kappa shape index (κ3) is 1.97. The molecule has 3 heteroatoms. The maximum absolute atomic E-state index is 9.24. The third-order valence-electron chi connectivity index (χ3n) is 1.68. The van der Waals surface area contributed by atoms with Crippen LogP contribution < -0.4 is 5.46 Å². The summed E-state index contributed by atoms with van der Waals surface area (Å²) in [6.07, 6.45) is 1.75. The van der Waals surface area contributed by atoms with Crippen molar-refractivity contribution in [3.8, 4) is 0 Å². The molecule has 0 saturated heterocycles. The lowest BCUT2D eigenvalue weighted by atomic mass is 9.79. The van der Waals surface area contributed by atoms with E-state index in [1.165, 1.54) is 7.11 Å². The van der Waals surface area contributed by atoms with Gasteiger partial charge in [-0.1, -0.05) is 36.9 Å². The molecule has 0 aliphatic heterocycles. The first-order valence-corrected chi connectivity index (χ1v) is 3.71. The smallest absolute Gasteiger partial charge is 0.423 e. The normalized spacial score (nSPS) is 9.50. The highest BCUT2D eigenvalue weighted by molar-refractivity contribution is 6.59.